The van der Waals surface area contributed by atoms with E-state index in [1.807, 2.05) is 20.8 Å². The molecule has 0 nitrogen and oxygen atoms in total. The smallest absolute Gasteiger partial charge is 0.0993 e. The Kier molecular flexibility index (Phi) is 3.47. The second-order valence-corrected chi connectivity index (χ2v) is 3.94. The summed E-state index contributed by atoms with van der Waals surface area (Å²) in [6.07, 6.45) is 1.78. The third kappa shape index (κ3) is 3.28. The summed E-state index contributed by atoms with van der Waals surface area (Å²) in [5, 5.41) is 0. The molecule has 0 aliphatic carbocycles. The van der Waals surface area contributed by atoms with Gasteiger partial charge >= 0.3 is 0 Å². The molecule has 0 saturated heterocycles. The predicted molar refractivity (Wildman–Crippen MR) is 48.4 cm³/mol. The molecule has 2 heteroatoms. The van der Waals surface area contributed by atoms with E-state index in [-0.39, 0.29) is 5.41 Å². The van der Waals surface area contributed by atoms with Crippen LogP contribution in [-0.2, 0) is 0 Å². The lowest BCUT2D eigenvalue weighted by Crippen LogP contribution is -2.07. The second kappa shape index (κ2) is 3.45. The van der Waals surface area contributed by atoms with E-state index in [2.05, 4.69) is 6.58 Å². The van der Waals surface area contributed by atoms with Gasteiger partial charge in [0.05, 0.1) is 0 Å². The summed E-state index contributed by atoms with van der Waals surface area (Å²) >= 11 is 11.0. The first-order valence-electron chi connectivity index (χ1n) is 3.06. The molecule has 58 valence electrons. The topological polar surface area (TPSA) is 0 Å². The van der Waals surface area contributed by atoms with E-state index < -0.39 is 0 Å². The molecule has 0 unspecified atom stereocenters. The van der Waals surface area contributed by atoms with E-state index in [9.17, 15) is 0 Å². The van der Waals surface area contributed by atoms with Crippen LogP contribution in [0.3, 0.4) is 0 Å². The van der Waals surface area contributed by atoms with Crippen molar-refractivity contribution < 1.29 is 0 Å². The molecule has 0 spiro atoms. The molecule has 0 heterocycles. The van der Waals surface area contributed by atoms with Crippen molar-refractivity contribution in [2.75, 3.05) is 0 Å². The van der Waals surface area contributed by atoms with E-state index >= 15 is 0 Å². The number of hydrogen-bond acceptors (Lipinski definition) is 0. The Balaban J connectivity index is 4.42. The first-order valence-corrected chi connectivity index (χ1v) is 3.81. The summed E-state index contributed by atoms with van der Waals surface area (Å²) in [4.78, 5) is 0. The van der Waals surface area contributed by atoms with Gasteiger partial charge in [-0.2, -0.15) is 0 Å². The van der Waals surface area contributed by atoms with Crippen LogP contribution in [0, 0.1) is 5.41 Å². The van der Waals surface area contributed by atoms with Gasteiger partial charge in [0.15, 0.2) is 0 Å². The molecule has 0 aliphatic rings. The Bertz CT molecular complexity index is 162. The molecule has 0 saturated carbocycles. The van der Waals surface area contributed by atoms with Crippen molar-refractivity contribution >= 4 is 23.2 Å². The third-order valence-electron chi connectivity index (χ3n) is 1.57. The van der Waals surface area contributed by atoms with Gasteiger partial charge in [0.25, 0.3) is 0 Å². The molecule has 0 aliphatic heterocycles. The highest BCUT2D eigenvalue weighted by atomic mass is 35.5. The van der Waals surface area contributed by atoms with Gasteiger partial charge in [-0.05, 0) is 13.0 Å². The molecular formula is C8H12Cl2. The maximum Gasteiger partial charge on any atom is 0.103 e. The Morgan fingerprint density at radius 3 is 1.90 bits per heavy atom. The van der Waals surface area contributed by atoms with Crippen LogP contribution in [0.25, 0.3) is 0 Å². The highest BCUT2D eigenvalue weighted by Gasteiger charge is 2.15. The van der Waals surface area contributed by atoms with Crippen molar-refractivity contribution in [3.05, 3.63) is 22.7 Å². The zero-order valence-electron chi connectivity index (χ0n) is 6.54. The van der Waals surface area contributed by atoms with Crippen LogP contribution in [0.5, 0.6) is 0 Å². The lowest BCUT2D eigenvalue weighted by molar-refractivity contribution is 0.582. The van der Waals surface area contributed by atoms with E-state index in [1.165, 1.54) is 0 Å². The van der Waals surface area contributed by atoms with Gasteiger partial charge in [-0.1, -0.05) is 49.2 Å². The molecule has 0 amide bonds. The molecule has 10 heavy (non-hydrogen) atoms. The predicted octanol–water partition coefficient (Wildman–Crippen LogP) is 3.91. The van der Waals surface area contributed by atoms with Crippen molar-refractivity contribution in [2.24, 2.45) is 5.41 Å². The minimum Gasteiger partial charge on any atom is -0.0993 e. The Labute approximate surface area is 72.5 Å². The van der Waals surface area contributed by atoms with Crippen LogP contribution >= 0.6 is 23.2 Å². The molecule has 0 aromatic rings. The summed E-state index contributed by atoms with van der Waals surface area (Å²) < 4.78 is 0.299. The van der Waals surface area contributed by atoms with Crippen LogP contribution in [-0.4, -0.2) is 0 Å². The van der Waals surface area contributed by atoms with Crippen molar-refractivity contribution in [2.45, 2.75) is 20.8 Å². The zero-order chi connectivity index (χ0) is 8.36. The Morgan fingerprint density at radius 1 is 1.40 bits per heavy atom. The summed E-state index contributed by atoms with van der Waals surface area (Å²) in [7, 11) is 0. The van der Waals surface area contributed by atoms with E-state index in [4.69, 9.17) is 23.2 Å². The highest BCUT2D eigenvalue weighted by Crippen LogP contribution is 2.29. The fourth-order valence-corrected chi connectivity index (χ4v) is 0.942. The van der Waals surface area contributed by atoms with Gasteiger partial charge in [0, 0.05) is 5.41 Å². The Hall–Kier alpha value is 0.0600. The van der Waals surface area contributed by atoms with Crippen LogP contribution in [0.4, 0.5) is 0 Å². The van der Waals surface area contributed by atoms with Crippen LogP contribution < -0.4 is 0 Å². The molecule has 0 rings (SSSR count). The zero-order valence-corrected chi connectivity index (χ0v) is 8.05. The van der Waals surface area contributed by atoms with Gasteiger partial charge in [-0.3, -0.25) is 0 Å². The number of rotatable bonds is 2. The fourth-order valence-electron chi connectivity index (χ4n) is 0.396. The maximum absolute atomic E-state index is 5.49. The fraction of sp³-hybridized carbons (Fsp3) is 0.500. The molecule has 0 aromatic carbocycles. The van der Waals surface area contributed by atoms with Crippen molar-refractivity contribution in [3.63, 3.8) is 0 Å². The first kappa shape index (κ1) is 10.1. The normalized spacial score (nSPS) is 10.9. The van der Waals surface area contributed by atoms with Crippen LogP contribution in [0.15, 0.2) is 22.7 Å². The average Bonchev–Trinajstić information content (AvgIpc) is 1.60. The minimum absolute atomic E-state index is 0.0984. The van der Waals surface area contributed by atoms with Gasteiger partial charge in [-0.25, -0.2) is 0 Å². The standard InChI is InChI=1S/C8H12Cl2/c1-6(2)8(3,4)5-7(9)10/h5H,1H2,2-4H3. The molecule has 0 fully saturated rings. The lowest BCUT2D eigenvalue weighted by Gasteiger charge is -2.19. The molecule has 0 atom stereocenters. The number of hydrogen-bond donors (Lipinski definition) is 0. The molecule has 0 bridgehead atoms. The summed E-state index contributed by atoms with van der Waals surface area (Å²) in [5.74, 6) is 0. The molecule has 0 radical (unpaired) electrons. The van der Waals surface area contributed by atoms with Crippen molar-refractivity contribution in [1.29, 1.82) is 0 Å². The van der Waals surface area contributed by atoms with Crippen LogP contribution in [0.1, 0.15) is 20.8 Å². The van der Waals surface area contributed by atoms with E-state index in [1.54, 1.807) is 6.08 Å². The summed E-state index contributed by atoms with van der Waals surface area (Å²) in [6.45, 7) is 9.80. The average molecular weight is 179 g/mol. The first-order chi connectivity index (χ1) is 4.36. The largest absolute Gasteiger partial charge is 0.103 e. The monoisotopic (exact) mass is 178 g/mol. The van der Waals surface area contributed by atoms with Gasteiger partial charge in [0.1, 0.15) is 4.49 Å². The van der Waals surface area contributed by atoms with E-state index in [0.29, 0.717) is 4.49 Å². The van der Waals surface area contributed by atoms with Crippen LogP contribution in [0.2, 0.25) is 0 Å². The molecule has 0 aromatic heterocycles. The lowest BCUT2D eigenvalue weighted by atomic mass is 9.87. The SMILES string of the molecule is C=C(C)C(C)(C)C=C(Cl)Cl. The molecular weight excluding hydrogens is 167 g/mol. The van der Waals surface area contributed by atoms with Gasteiger partial charge in [0.2, 0.25) is 0 Å². The van der Waals surface area contributed by atoms with Crippen molar-refractivity contribution in [3.8, 4) is 0 Å². The minimum atomic E-state index is -0.0984. The summed E-state index contributed by atoms with van der Waals surface area (Å²) in [6, 6.07) is 0. The third-order valence-corrected chi connectivity index (χ3v) is 1.79. The van der Waals surface area contributed by atoms with Gasteiger partial charge in [-0.15, -0.1) is 0 Å². The van der Waals surface area contributed by atoms with Gasteiger partial charge < -0.3 is 0 Å². The summed E-state index contributed by atoms with van der Waals surface area (Å²) in [5.41, 5.74) is 0.949. The quantitative estimate of drug-likeness (QED) is 0.563. The van der Waals surface area contributed by atoms with Crippen molar-refractivity contribution in [1.82, 2.24) is 0 Å². The maximum atomic E-state index is 5.49. The molecule has 0 N–H and O–H groups in total. The second-order valence-electron chi connectivity index (χ2n) is 2.94. The number of halogens is 2. The highest BCUT2D eigenvalue weighted by molar-refractivity contribution is 6.55. The van der Waals surface area contributed by atoms with E-state index in [0.717, 1.165) is 5.57 Å². The number of allylic oxidation sites excluding steroid dienone is 2. The Morgan fingerprint density at radius 2 is 1.80 bits per heavy atom.